The highest BCUT2D eigenvalue weighted by Crippen LogP contribution is 2.22. The first-order valence-corrected chi connectivity index (χ1v) is 4.33. The van der Waals surface area contributed by atoms with Crippen molar-refractivity contribution in [3.63, 3.8) is 0 Å². The van der Waals surface area contributed by atoms with Crippen molar-refractivity contribution in [3.8, 4) is 0 Å². The molecule has 0 saturated heterocycles. The number of hydrogen-bond donors (Lipinski definition) is 0. The van der Waals surface area contributed by atoms with Gasteiger partial charge in [-0.1, -0.05) is 30.3 Å². The van der Waals surface area contributed by atoms with Gasteiger partial charge in [0.1, 0.15) is 0 Å². The van der Waals surface area contributed by atoms with Crippen LogP contribution in [0.4, 0.5) is 0 Å². The SMILES string of the molecule is C1=C(c2ccccc2)CCCO1. The summed E-state index contributed by atoms with van der Waals surface area (Å²) in [5.74, 6) is 0. The van der Waals surface area contributed by atoms with Crippen LogP contribution in [0.3, 0.4) is 0 Å². The Morgan fingerprint density at radius 2 is 1.92 bits per heavy atom. The highest BCUT2D eigenvalue weighted by Gasteiger charge is 2.05. The monoisotopic (exact) mass is 160 g/mol. The summed E-state index contributed by atoms with van der Waals surface area (Å²) in [5, 5.41) is 0. The number of benzene rings is 1. The van der Waals surface area contributed by atoms with Crippen LogP contribution in [0.15, 0.2) is 36.6 Å². The quantitative estimate of drug-likeness (QED) is 0.613. The highest BCUT2D eigenvalue weighted by atomic mass is 16.5. The molecule has 0 N–H and O–H groups in total. The van der Waals surface area contributed by atoms with Gasteiger partial charge in [-0.2, -0.15) is 0 Å². The summed E-state index contributed by atoms with van der Waals surface area (Å²) >= 11 is 0. The van der Waals surface area contributed by atoms with E-state index in [0.29, 0.717) is 0 Å². The zero-order valence-electron chi connectivity index (χ0n) is 6.99. The van der Waals surface area contributed by atoms with Gasteiger partial charge in [0, 0.05) is 0 Å². The van der Waals surface area contributed by atoms with E-state index in [2.05, 4.69) is 24.3 Å². The molecule has 0 saturated carbocycles. The summed E-state index contributed by atoms with van der Waals surface area (Å²) in [4.78, 5) is 0. The minimum absolute atomic E-state index is 0.871. The molecule has 0 fully saturated rings. The molecule has 0 bridgehead atoms. The highest BCUT2D eigenvalue weighted by molar-refractivity contribution is 5.64. The molecular formula is C11H12O. The zero-order chi connectivity index (χ0) is 8.23. The molecule has 1 aromatic rings. The van der Waals surface area contributed by atoms with Gasteiger partial charge in [-0.15, -0.1) is 0 Å². The molecule has 0 atom stereocenters. The average Bonchev–Trinajstić information content (AvgIpc) is 2.21. The molecule has 1 heterocycles. The van der Waals surface area contributed by atoms with Gasteiger partial charge >= 0.3 is 0 Å². The van der Waals surface area contributed by atoms with Crippen molar-refractivity contribution in [3.05, 3.63) is 42.2 Å². The summed E-state index contributed by atoms with van der Waals surface area (Å²) in [7, 11) is 0. The van der Waals surface area contributed by atoms with E-state index in [-0.39, 0.29) is 0 Å². The second-order valence-corrected chi connectivity index (χ2v) is 2.98. The van der Waals surface area contributed by atoms with Crippen LogP contribution in [0.25, 0.3) is 5.57 Å². The van der Waals surface area contributed by atoms with Crippen molar-refractivity contribution in [1.29, 1.82) is 0 Å². The lowest BCUT2D eigenvalue weighted by Crippen LogP contribution is -1.97. The minimum atomic E-state index is 0.871. The van der Waals surface area contributed by atoms with Crippen LogP contribution in [-0.2, 0) is 4.74 Å². The first kappa shape index (κ1) is 7.41. The Labute approximate surface area is 72.7 Å². The van der Waals surface area contributed by atoms with Gasteiger partial charge in [0.05, 0.1) is 12.9 Å². The fraction of sp³-hybridized carbons (Fsp3) is 0.273. The van der Waals surface area contributed by atoms with Gasteiger partial charge in [0.15, 0.2) is 0 Å². The Morgan fingerprint density at radius 3 is 2.58 bits per heavy atom. The number of allylic oxidation sites excluding steroid dienone is 1. The van der Waals surface area contributed by atoms with Gasteiger partial charge in [-0.05, 0) is 24.0 Å². The van der Waals surface area contributed by atoms with Gasteiger partial charge in [-0.3, -0.25) is 0 Å². The van der Waals surface area contributed by atoms with Crippen LogP contribution in [0.1, 0.15) is 18.4 Å². The molecule has 2 rings (SSSR count). The molecule has 12 heavy (non-hydrogen) atoms. The molecule has 0 amide bonds. The molecule has 0 unspecified atom stereocenters. The van der Waals surface area contributed by atoms with Gasteiger partial charge < -0.3 is 4.74 Å². The fourth-order valence-corrected chi connectivity index (χ4v) is 1.43. The van der Waals surface area contributed by atoms with Gasteiger partial charge in [0.2, 0.25) is 0 Å². The molecule has 0 aliphatic carbocycles. The van der Waals surface area contributed by atoms with Crippen LogP contribution in [0.2, 0.25) is 0 Å². The van der Waals surface area contributed by atoms with Crippen molar-refractivity contribution in [1.82, 2.24) is 0 Å². The smallest absolute Gasteiger partial charge is 0.0876 e. The third-order valence-electron chi connectivity index (χ3n) is 2.08. The van der Waals surface area contributed by atoms with E-state index >= 15 is 0 Å². The van der Waals surface area contributed by atoms with E-state index in [1.165, 1.54) is 11.1 Å². The fourth-order valence-electron chi connectivity index (χ4n) is 1.43. The van der Waals surface area contributed by atoms with E-state index in [4.69, 9.17) is 4.74 Å². The van der Waals surface area contributed by atoms with Crippen molar-refractivity contribution >= 4 is 5.57 Å². The van der Waals surface area contributed by atoms with E-state index in [0.717, 1.165) is 19.4 Å². The molecule has 1 heteroatoms. The van der Waals surface area contributed by atoms with Crippen molar-refractivity contribution < 1.29 is 4.74 Å². The van der Waals surface area contributed by atoms with Gasteiger partial charge in [0.25, 0.3) is 0 Å². The molecule has 62 valence electrons. The Hall–Kier alpha value is -1.24. The lowest BCUT2D eigenvalue weighted by molar-refractivity contribution is 0.235. The van der Waals surface area contributed by atoms with Crippen LogP contribution >= 0.6 is 0 Å². The van der Waals surface area contributed by atoms with Crippen LogP contribution in [-0.4, -0.2) is 6.61 Å². The number of ether oxygens (including phenoxy) is 1. The summed E-state index contributed by atoms with van der Waals surface area (Å²) in [6.45, 7) is 0.871. The van der Waals surface area contributed by atoms with E-state index in [1.54, 1.807) is 0 Å². The van der Waals surface area contributed by atoms with Crippen LogP contribution < -0.4 is 0 Å². The van der Waals surface area contributed by atoms with Crippen LogP contribution in [0.5, 0.6) is 0 Å². The van der Waals surface area contributed by atoms with Crippen molar-refractivity contribution in [2.45, 2.75) is 12.8 Å². The molecule has 1 aliphatic rings. The van der Waals surface area contributed by atoms with E-state index in [9.17, 15) is 0 Å². The lowest BCUT2D eigenvalue weighted by Gasteiger charge is -2.13. The zero-order valence-corrected chi connectivity index (χ0v) is 6.99. The van der Waals surface area contributed by atoms with Gasteiger partial charge in [-0.25, -0.2) is 0 Å². The third-order valence-corrected chi connectivity index (χ3v) is 2.08. The molecule has 1 aliphatic heterocycles. The maximum atomic E-state index is 5.27. The molecule has 0 aromatic heterocycles. The summed E-state index contributed by atoms with van der Waals surface area (Å²) in [6, 6.07) is 10.4. The van der Waals surface area contributed by atoms with Crippen molar-refractivity contribution in [2.75, 3.05) is 6.61 Å². The molecule has 1 aromatic carbocycles. The lowest BCUT2D eigenvalue weighted by atomic mass is 10.0. The summed E-state index contributed by atoms with van der Waals surface area (Å²) in [6.07, 6.45) is 4.17. The summed E-state index contributed by atoms with van der Waals surface area (Å²) in [5.41, 5.74) is 2.61. The predicted octanol–water partition coefficient (Wildman–Crippen LogP) is 2.84. The standard InChI is InChI=1S/C11H12O/c1-2-5-10(6-3-1)11-7-4-8-12-9-11/h1-3,5-6,9H,4,7-8H2. The maximum absolute atomic E-state index is 5.27. The van der Waals surface area contributed by atoms with E-state index in [1.807, 2.05) is 12.3 Å². The molecular weight excluding hydrogens is 148 g/mol. The second kappa shape index (κ2) is 3.44. The largest absolute Gasteiger partial charge is 0.501 e. The third kappa shape index (κ3) is 1.50. The topological polar surface area (TPSA) is 9.23 Å². The van der Waals surface area contributed by atoms with Crippen LogP contribution in [0, 0.1) is 0 Å². The second-order valence-electron chi connectivity index (χ2n) is 2.98. The Kier molecular flexibility index (Phi) is 2.12. The Morgan fingerprint density at radius 1 is 1.08 bits per heavy atom. The molecule has 0 radical (unpaired) electrons. The summed E-state index contributed by atoms with van der Waals surface area (Å²) < 4.78 is 5.27. The Bertz CT molecular complexity index is 274. The number of hydrogen-bond acceptors (Lipinski definition) is 1. The normalized spacial score (nSPS) is 16.5. The first-order chi connectivity index (χ1) is 5.97. The molecule has 1 nitrogen and oxygen atoms in total. The first-order valence-electron chi connectivity index (χ1n) is 4.33. The predicted molar refractivity (Wildman–Crippen MR) is 49.6 cm³/mol. The van der Waals surface area contributed by atoms with E-state index < -0.39 is 0 Å². The Balaban J connectivity index is 2.24. The average molecular weight is 160 g/mol. The number of rotatable bonds is 1. The minimum Gasteiger partial charge on any atom is -0.501 e. The maximum Gasteiger partial charge on any atom is 0.0876 e. The van der Waals surface area contributed by atoms with Crippen molar-refractivity contribution in [2.24, 2.45) is 0 Å². The molecule has 0 spiro atoms.